The molecule has 0 aliphatic heterocycles. The molecule has 0 N–H and O–H groups in total. The van der Waals surface area contributed by atoms with Crippen LogP contribution in [0.5, 0.6) is 10.8 Å². The maximum atomic E-state index is 9.67. The Hall–Kier alpha value is -2.59. The van der Waals surface area contributed by atoms with Gasteiger partial charge in [0, 0.05) is 30.7 Å². The second-order valence-electron chi connectivity index (χ2n) is 6.27. The zero-order chi connectivity index (χ0) is 21.0. The lowest BCUT2D eigenvalue weighted by Gasteiger charge is -2.11. The minimum atomic E-state index is 0.323. The molecule has 3 rings (SSSR count). The predicted molar refractivity (Wildman–Crippen MR) is 120 cm³/mol. The summed E-state index contributed by atoms with van der Waals surface area (Å²) >= 11 is 13.8. The Morgan fingerprint density at radius 2 is 2.03 bits per heavy atom. The van der Waals surface area contributed by atoms with Crippen LogP contribution in [0.3, 0.4) is 0 Å². The van der Waals surface area contributed by atoms with E-state index in [-0.39, 0.29) is 0 Å². The average molecular weight is 445 g/mol. The first-order valence-corrected chi connectivity index (χ1v) is 10.3. The fraction of sp³-hybridized carbons (Fsp3) is 0.190. The number of halogens is 2. The molecule has 0 saturated carbocycles. The molecule has 0 unspecified atom stereocenters. The molecule has 0 amide bonds. The molecule has 0 bridgehead atoms. The van der Waals surface area contributed by atoms with Crippen molar-refractivity contribution in [2.24, 2.45) is 4.99 Å². The first kappa shape index (κ1) is 21.1. The van der Waals surface area contributed by atoms with E-state index >= 15 is 0 Å². The quantitative estimate of drug-likeness (QED) is 0.313. The molecular weight excluding hydrogens is 427 g/mol. The van der Waals surface area contributed by atoms with Gasteiger partial charge in [0.15, 0.2) is 0 Å². The van der Waals surface area contributed by atoms with Crippen LogP contribution in [0.15, 0.2) is 41.4 Å². The third-order valence-electron chi connectivity index (χ3n) is 4.25. The molecule has 8 heteroatoms. The smallest absolute Gasteiger partial charge is 0.218 e. The lowest BCUT2D eigenvalue weighted by atomic mass is 10.1. The molecule has 5 nitrogen and oxygen atoms in total. The summed E-state index contributed by atoms with van der Waals surface area (Å²) in [6, 6.07) is 13.0. The molecule has 0 saturated heterocycles. The van der Waals surface area contributed by atoms with Crippen LogP contribution in [-0.2, 0) is 0 Å². The summed E-state index contributed by atoms with van der Waals surface area (Å²) in [7, 11) is 1.95. The Labute approximate surface area is 184 Å². The minimum Gasteiger partial charge on any atom is -0.442 e. The van der Waals surface area contributed by atoms with E-state index in [9.17, 15) is 5.26 Å². The number of hydrogen-bond donors (Lipinski definition) is 0. The van der Waals surface area contributed by atoms with Crippen molar-refractivity contribution in [1.82, 2.24) is 9.27 Å². The van der Waals surface area contributed by atoms with Gasteiger partial charge in [-0.1, -0.05) is 41.4 Å². The van der Waals surface area contributed by atoms with Crippen molar-refractivity contribution in [2.45, 2.75) is 13.8 Å². The van der Waals surface area contributed by atoms with Crippen molar-refractivity contribution in [3.8, 4) is 28.1 Å². The van der Waals surface area contributed by atoms with Crippen LogP contribution in [0, 0.1) is 18.3 Å². The molecule has 29 heavy (non-hydrogen) atoms. The minimum absolute atomic E-state index is 0.323. The van der Waals surface area contributed by atoms with Crippen molar-refractivity contribution in [3.05, 3.63) is 57.6 Å². The Balaban J connectivity index is 1.93. The van der Waals surface area contributed by atoms with Gasteiger partial charge in [-0.05, 0) is 37.6 Å². The number of nitrogens with zero attached hydrogens (tertiary/aromatic N) is 4. The van der Waals surface area contributed by atoms with Gasteiger partial charge in [-0.3, -0.25) is 0 Å². The standard InChI is InChI=1S/C21H18Cl2N4OS/c1-4-27(3)12-25-18-10-17(23)19(9-13(18)2)28-21-15(11-24)20(26-29-21)14-7-5-6-8-16(14)22/h5-10,12H,4H2,1-3H3. The van der Waals surface area contributed by atoms with Gasteiger partial charge >= 0.3 is 0 Å². The van der Waals surface area contributed by atoms with E-state index in [4.69, 9.17) is 27.9 Å². The third kappa shape index (κ3) is 4.70. The number of aryl methyl sites for hydroxylation is 1. The molecule has 1 aromatic heterocycles. The van der Waals surface area contributed by atoms with E-state index in [1.807, 2.05) is 44.0 Å². The number of rotatable bonds is 6. The Morgan fingerprint density at radius 1 is 1.28 bits per heavy atom. The van der Waals surface area contributed by atoms with Crippen molar-refractivity contribution in [3.63, 3.8) is 0 Å². The third-order valence-corrected chi connectivity index (χ3v) is 5.60. The van der Waals surface area contributed by atoms with E-state index < -0.39 is 0 Å². The average Bonchev–Trinajstić information content (AvgIpc) is 3.11. The Bertz CT molecular complexity index is 1100. The summed E-state index contributed by atoms with van der Waals surface area (Å²) in [5.74, 6) is 0.442. The molecule has 0 aliphatic rings. The van der Waals surface area contributed by atoms with E-state index in [2.05, 4.69) is 15.4 Å². The fourth-order valence-electron chi connectivity index (χ4n) is 2.48. The zero-order valence-corrected chi connectivity index (χ0v) is 18.4. The highest BCUT2D eigenvalue weighted by molar-refractivity contribution is 7.08. The molecule has 0 atom stereocenters. The summed E-state index contributed by atoms with van der Waals surface area (Å²) in [6.07, 6.45) is 1.76. The number of benzene rings is 2. The van der Waals surface area contributed by atoms with Crippen LogP contribution in [0.25, 0.3) is 11.3 Å². The molecule has 2 aromatic carbocycles. The highest BCUT2D eigenvalue weighted by Crippen LogP contribution is 2.41. The molecule has 0 spiro atoms. The lowest BCUT2D eigenvalue weighted by Crippen LogP contribution is -2.14. The van der Waals surface area contributed by atoms with E-state index in [0.29, 0.717) is 37.7 Å². The summed E-state index contributed by atoms with van der Waals surface area (Å²) in [5, 5.41) is 11.0. The largest absolute Gasteiger partial charge is 0.442 e. The summed E-state index contributed by atoms with van der Waals surface area (Å²) < 4.78 is 10.3. The number of hydrogen-bond acceptors (Lipinski definition) is 5. The van der Waals surface area contributed by atoms with E-state index in [0.717, 1.165) is 29.3 Å². The maximum Gasteiger partial charge on any atom is 0.218 e. The van der Waals surface area contributed by atoms with E-state index in [1.165, 1.54) is 0 Å². The van der Waals surface area contributed by atoms with Crippen LogP contribution < -0.4 is 4.74 Å². The summed E-state index contributed by atoms with van der Waals surface area (Å²) in [5.41, 5.74) is 3.16. The molecule has 1 heterocycles. The molecule has 3 aromatic rings. The second kappa shape index (κ2) is 9.27. The van der Waals surface area contributed by atoms with Gasteiger partial charge in [0.05, 0.1) is 22.1 Å². The maximum absolute atomic E-state index is 9.67. The number of nitriles is 1. The van der Waals surface area contributed by atoms with Crippen molar-refractivity contribution >= 4 is 46.8 Å². The second-order valence-corrected chi connectivity index (χ2v) is 7.82. The fourth-order valence-corrected chi connectivity index (χ4v) is 3.63. The monoisotopic (exact) mass is 444 g/mol. The van der Waals surface area contributed by atoms with Crippen LogP contribution in [0.1, 0.15) is 18.1 Å². The van der Waals surface area contributed by atoms with Crippen LogP contribution in [0.2, 0.25) is 10.0 Å². The van der Waals surface area contributed by atoms with Gasteiger partial charge in [0.25, 0.3) is 0 Å². The Morgan fingerprint density at radius 3 is 2.72 bits per heavy atom. The summed E-state index contributed by atoms with van der Waals surface area (Å²) in [6.45, 7) is 4.82. The number of aliphatic imine (C=N–C) groups is 1. The number of ether oxygens (including phenoxy) is 1. The van der Waals surface area contributed by atoms with Gasteiger partial charge < -0.3 is 9.64 Å². The highest BCUT2D eigenvalue weighted by atomic mass is 35.5. The van der Waals surface area contributed by atoms with Gasteiger partial charge in [-0.2, -0.15) is 9.64 Å². The van der Waals surface area contributed by atoms with Crippen LogP contribution in [-0.4, -0.2) is 29.2 Å². The molecule has 0 aliphatic carbocycles. The molecular formula is C21H18Cl2N4OS. The van der Waals surface area contributed by atoms with Gasteiger partial charge in [-0.25, -0.2) is 4.99 Å². The van der Waals surface area contributed by atoms with Crippen LogP contribution >= 0.6 is 34.7 Å². The van der Waals surface area contributed by atoms with Gasteiger partial charge in [0.2, 0.25) is 5.06 Å². The lowest BCUT2D eigenvalue weighted by molar-refractivity contribution is 0.495. The van der Waals surface area contributed by atoms with Gasteiger partial charge in [0.1, 0.15) is 23.1 Å². The summed E-state index contributed by atoms with van der Waals surface area (Å²) in [4.78, 5) is 6.42. The zero-order valence-electron chi connectivity index (χ0n) is 16.1. The predicted octanol–water partition coefficient (Wildman–Crippen LogP) is 6.70. The van der Waals surface area contributed by atoms with Crippen molar-refractivity contribution < 1.29 is 4.74 Å². The first-order valence-electron chi connectivity index (χ1n) is 8.81. The molecule has 0 fully saturated rings. The van der Waals surface area contributed by atoms with E-state index in [1.54, 1.807) is 24.5 Å². The Kier molecular flexibility index (Phi) is 6.75. The van der Waals surface area contributed by atoms with Crippen molar-refractivity contribution in [2.75, 3.05) is 13.6 Å². The van der Waals surface area contributed by atoms with Gasteiger partial charge in [-0.15, -0.1) is 0 Å². The molecule has 0 radical (unpaired) electrons. The molecule has 148 valence electrons. The SMILES string of the molecule is CCN(C)C=Nc1cc(Cl)c(Oc2snc(-c3ccccc3Cl)c2C#N)cc1C. The van der Waals surface area contributed by atoms with Crippen molar-refractivity contribution in [1.29, 1.82) is 5.26 Å². The normalized spacial score (nSPS) is 10.9. The highest BCUT2D eigenvalue weighted by Gasteiger charge is 2.20. The topological polar surface area (TPSA) is 61.5 Å². The van der Waals surface area contributed by atoms with Crippen LogP contribution in [0.4, 0.5) is 5.69 Å². The number of aromatic nitrogens is 1. The first-order chi connectivity index (χ1) is 13.9.